The van der Waals surface area contributed by atoms with Gasteiger partial charge in [-0.3, -0.25) is 4.79 Å². The molecule has 3 rings (SSSR count). The molecule has 0 spiro atoms. The maximum atomic E-state index is 12.3. The predicted octanol–water partition coefficient (Wildman–Crippen LogP) is 6.35. The number of Topliss-reactive ketones (excluding diaryl/α,β-unsaturated/α-hetero) is 1. The number of rotatable bonds is 8. The van der Waals surface area contributed by atoms with Crippen molar-refractivity contribution >= 4 is 28.1 Å². The fourth-order valence-electron chi connectivity index (χ4n) is 3.54. The molecule has 0 aliphatic heterocycles. The highest BCUT2D eigenvalue weighted by Crippen LogP contribution is 2.35. The zero-order chi connectivity index (χ0) is 21.9. The Kier molecular flexibility index (Phi) is 9.81. The molecule has 0 N–H and O–H groups in total. The maximum Gasteiger partial charge on any atom is 0.163 e. The van der Waals surface area contributed by atoms with Gasteiger partial charge in [0, 0.05) is 36.1 Å². The van der Waals surface area contributed by atoms with E-state index in [4.69, 9.17) is 4.74 Å². The molecule has 5 heteroatoms. The second-order valence-corrected chi connectivity index (χ2v) is 7.44. The summed E-state index contributed by atoms with van der Waals surface area (Å²) in [5, 5.41) is 0.661. The number of ketones is 1. The van der Waals surface area contributed by atoms with E-state index in [-0.39, 0.29) is 11.9 Å². The predicted molar refractivity (Wildman–Crippen MR) is 129 cm³/mol. The molecule has 0 heterocycles. The summed E-state index contributed by atoms with van der Waals surface area (Å²) in [7, 11) is 1.96. The highest BCUT2D eigenvalue weighted by Gasteiger charge is 2.24. The second kappa shape index (κ2) is 12.3. The SMILES string of the molecule is C=CN=CN(C)CC(Oc1ccc2c(c1CBr)CCCC2=O)c1ccccc1.CC. The van der Waals surface area contributed by atoms with Crippen LogP contribution >= 0.6 is 15.9 Å². The van der Waals surface area contributed by atoms with E-state index in [2.05, 4.69) is 39.6 Å². The van der Waals surface area contributed by atoms with Crippen LogP contribution in [-0.2, 0) is 11.8 Å². The second-order valence-electron chi connectivity index (χ2n) is 6.88. The first-order valence-electron chi connectivity index (χ1n) is 10.4. The number of hydrogen-bond acceptors (Lipinski definition) is 3. The minimum Gasteiger partial charge on any atom is -0.484 e. The molecule has 0 saturated heterocycles. The number of carbonyl (C=O) groups is 1. The Morgan fingerprint density at radius 3 is 2.60 bits per heavy atom. The Morgan fingerprint density at radius 2 is 1.93 bits per heavy atom. The monoisotopic (exact) mass is 470 g/mol. The third-order valence-corrected chi connectivity index (χ3v) is 5.48. The Hall–Kier alpha value is -2.40. The van der Waals surface area contributed by atoms with Crippen molar-refractivity contribution in [1.82, 2.24) is 4.90 Å². The van der Waals surface area contributed by atoms with Gasteiger partial charge >= 0.3 is 0 Å². The fourth-order valence-corrected chi connectivity index (χ4v) is 4.15. The van der Waals surface area contributed by atoms with Gasteiger partial charge in [0.05, 0.1) is 12.9 Å². The van der Waals surface area contributed by atoms with Crippen LogP contribution in [0, 0.1) is 0 Å². The minimum atomic E-state index is -0.169. The fraction of sp³-hybridized carbons (Fsp3) is 0.360. The summed E-state index contributed by atoms with van der Waals surface area (Å²) in [5.74, 6) is 1.06. The molecule has 4 nitrogen and oxygen atoms in total. The zero-order valence-electron chi connectivity index (χ0n) is 18.1. The highest BCUT2D eigenvalue weighted by atomic mass is 79.9. The first-order valence-corrected chi connectivity index (χ1v) is 11.6. The van der Waals surface area contributed by atoms with Gasteiger partial charge in [-0.1, -0.05) is 66.7 Å². The lowest BCUT2D eigenvalue weighted by Gasteiger charge is -2.27. The molecule has 0 radical (unpaired) electrons. The highest BCUT2D eigenvalue weighted by molar-refractivity contribution is 9.08. The molecule has 160 valence electrons. The lowest BCUT2D eigenvalue weighted by Crippen LogP contribution is -2.27. The third kappa shape index (κ3) is 6.05. The number of aliphatic imine (C=N–C) groups is 1. The number of halogens is 1. The van der Waals surface area contributed by atoms with E-state index in [1.54, 1.807) is 6.34 Å². The Labute approximate surface area is 188 Å². The Balaban J connectivity index is 0.00000155. The van der Waals surface area contributed by atoms with Crippen molar-refractivity contribution in [2.45, 2.75) is 44.5 Å². The molecule has 0 fully saturated rings. The molecule has 0 aromatic heterocycles. The molecule has 1 atom stereocenters. The van der Waals surface area contributed by atoms with Crippen LogP contribution < -0.4 is 4.74 Å². The molecule has 0 bridgehead atoms. The standard InChI is InChI=1S/C23H25BrN2O2.C2H6/c1-3-25-16-26(2)15-23(17-8-5-4-6-9-17)28-22-13-12-19-18(20(22)14-24)10-7-11-21(19)27;1-2/h3-6,8-9,12-13,16,23H,1,7,10-11,14-15H2,2H3;1-2H3. The molecular formula is C25H31BrN2O2. The molecule has 1 unspecified atom stereocenters. The number of likely N-dealkylation sites (N-methyl/N-ethyl adjacent to an activating group) is 1. The number of hydrogen-bond donors (Lipinski definition) is 0. The summed E-state index contributed by atoms with van der Waals surface area (Å²) >= 11 is 3.60. The molecule has 2 aromatic carbocycles. The Morgan fingerprint density at radius 1 is 1.20 bits per heavy atom. The molecule has 2 aromatic rings. The largest absolute Gasteiger partial charge is 0.484 e. The summed E-state index contributed by atoms with van der Waals surface area (Å²) in [6.07, 6.45) is 5.54. The first kappa shape index (κ1) is 23.9. The zero-order valence-corrected chi connectivity index (χ0v) is 19.7. The van der Waals surface area contributed by atoms with Crippen LogP contribution in [-0.4, -0.2) is 30.6 Å². The third-order valence-electron chi connectivity index (χ3n) is 4.92. The topological polar surface area (TPSA) is 41.9 Å². The van der Waals surface area contributed by atoms with Gasteiger partial charge in [0.15, 0.2) is 5.78 Å². The van der Waals surface area contributed by atoms with Gasteiger partial charge in [-0.2, -0.15) is 0 Å². The van der Waals surface area contributed by atoms with Gasteiger partial charge in [0.25, 0.3) is 0 Å². The van der Waals surface area contributed by atoms with Gasteiger partial charge in [0.1, 0.15) is 11.9 Å². The average molecular weight is 471 g/mol. The van der Waals surface area contributed by atoms with Crippen LogP contribution in [0.5, 0.6) is 5.75 Å². The summed E-state index contributed by atoms with van der Waals surface area (Å²) in [6.45, 7) is 8.26. The molecular weight excluding hydrogens is 440 g/mol. The van der Waals surface area contributed by atoms with Gasteiger partial charge in [-0.15, -0.1) is 0 Å². The van der Waals surface area contributed by atoms with Crippen LogP contribution in [0.15, 0.2) is 60.2 Å². The van der Waals surface area contributed by atoms with Crippen molar-refractivity contribution in [2.24, 2.45) is 4.99 Å². The lowest BCUT2D eigenvalue weighted by atomic mass is 9.87. The van der Waals surface area contributed by atoms with Crippen LogP contribution in [0.3, 0.4) is 0 Å². The summed E-state index contributed by atoms with van der Waals surface area (Å²) in [5.41, 5.74) is 4.14. The lowest BCUT2D eigenvalue weighted by molar-refractivity contribution is 0.0972. The number of benzene rings is 2. The van der Waals surface area contributed by atoms with Crippen LogP contribution in [0.1, 0.15) is 59.8 Å². The van der Waals surface area contributed by atoms with Crippen LogP contribution in [0.4, 0.5) is 0 Å². The number of fused-ring (bicyclic) bond motifs is 1. The molecule has 0 saturated carbocycles. The number of ether oxygens (including phenoxy) is 1. The quantitative estimate of drug-likeness (QED) is 0.256. The van der Waals surface area contributed by atoms with Gasteiger partial charge in [-0.05, 0) is 36.1 Å². The number of carbonyl (C=O) groups excluding carboxylic acids is 1. The summed E-state index contributed by atoms with van der Waals surface area (Å²) < 4.78 is 6.50. The van der Waals surface area contributed by atoms with E-state index in [9.17, 15) is 4.79 Å². The molecule has 30 heavy (non-hydrogen) atoms. The van der Waals surface area contributed by atoms with Crippen molar-refractivity contribution in [2.75, 3.05) is 13.6 Å². The average Bonchev–Trinajstić information content (AvgIpc) is 2.79. The first-order chi connectivity index (χ1) is 14.6. The van der Waals surface area contributed by atoms with E-state index in [0.29, 0.717) is 18.3 Å². The van der Waals surface area contributed by atoms with E-state index in [1.165, 1.54) is 6.20 Å². The minimum absolute atomic E-state index is 0.169. The van der Waals surface area contributed by atoms with Crippen molar-refractivity contribution in [3.8, 4) is 5.75 Å². The van der Waals surface area contributed by atoms with E-state index in [0.717, 1.165) is 40.8 Å². The molecule has 1 aliphatic rings. The Bertz CT molecular complexity index is 865. The normalized spacial score (nSPS) is 13.8. The van der Waals surface area contributed by atoms with Crippen molar-refractivity contribution in [3.63, 3.8) is 0 Å². The number of nitrogens with zero attached hydrogens (tertiary/aromatic N) is 2. The smallest absolute Gasteiger partial charge is 0.163 e. The summed E-state index contributed by atoms with van der Waals surface area (Å²) in [6, 6.07) is 14.0. The molecule has 0 amide bonds. The van der Waals surface area contributed by atoms with Gasteiger partial charge < -0.3 is 9.64 Å². The maximum absolute atomic E-state index is 12.3. The van der Waals surface area contributed by atoms with Crippen molar-refractivity contribution in [3.05, 3.63) is 77.5 Å². The van der Waals surface area contributed by atoms with Crippen molar-refractivity contribution in [1.29, 1.82) is 0 Å². The number of alkyl halides is 1. The van der Waals surface area contributed by atoms with Crippen molar-refractivity contribution < 1.29 is 9.53 Å². The van der Waals surface area contributed by atoms with Gasteiger partial charge in [0.2, 0.25) is 0 Å². The van der Waals surface area contributed by atoms with Crippen LogP contribution in [0.2, 0.25) is 0 Å². The van der Waals surface area contributed by atoms with Crippen LogP contribution in [0.25, 0.3) is 0 Å². The van der Waals surface area contributed by atoms with E-state index in [1.807, 2.05) is 56.1 Å². The molecule has 1 aliphatic carbocycles. The van der Waals surface area contributed by atoms with E-state index >= 15 is 0 Å². The summed E-state index contributed by atoms with van der Waals surface area (Å²) in [4.78, 5) is 18.3. The van der Waals surface area contributed by atoms with Gasteiger partial charge in [-0.25, -0.2) is 4.99 Å². The van der Waals surface area contributed by atoms with E-state index < -0.39 is 0 Å².